The lowest BCUT2D eigenvalue weighted by Crippen LogP contribution is -2.47. The number of likely N-dealkylation sites (tertiary alicyclic amines) is 1. The van der Waals surface area contributed by atoms with Crippen LogP contribution >= 0.6 is 0 Å². The minimum absolute atomic E-state index is 0.0313. The molecule has 0 aliphatic carbocycles. The van der Waals surface area contributed by atoms with Gasteiger partial charge < -0.3 is 24.7 Å². The van der Waals surface area contributed by atoms with E-state index in [1.165, 1.54) is 0 Å². The Kier molecular flexibility index (Phi) is 8.47. The van der Waals surface area contributed by atoms with Gasteiger partial charge in [-0.25, -0.2) is 4.79 Å². The van der Waals surface area contributed by atoms with Gasteiger partial charge in [0.15, 0.2) is 0 Å². The monoisotopic (exact) mass is 365 g/mol. The van der Waals surface area contributed by atoms with Crippen molar-refractivity contribution in [1.29, 1.82) is 0 Å². The predicted octanol–water partition coefficient (Wildman–Crippen LogP) is 2.38. The van der Waals surface area contributed by atoms with Crippen molar-refractivity contribution >= 4 is 11.9 Å². The third-order valence-electron chi connectivity index (χ3n) is 4.36. The van der Waals surface area contributed by atoms with Crippen LogP contribution in [0, 0.1) is 11.8 Å². The highest BCUT2D eigenvalue weighted by Gasteiger charge is 2.27. The number of ether oxygens (including phenoxy) is 1. The Morgan fingerprint density at radius 2 is 2.08 bits per heavy atom. The van der Waals surface area contributed by atoms with Crippen LogP contribution in [0.5, 0.6) is 0 Å². The van der Waals surface area contributed by atoms with Crippen LogP contribution in [0.25, 0.3) is 0 Å². The topological polar surface area (TPSA) is 83.8 Å². The van der Waals surface area contributed by atoms with Crippen LogP contribution in [0.15, 0.2) is 22.8 Å². The number of rotatable bonds is 9. The third-order valence-corrected chi connectivity index (χ3v) is 4.36. The molecule has 2 rings (SSSR count). The molecule has 1 aliphatic rings. The van der Waals surface area contributed by atoms with E-state index in [-0.39, 0.29) is 17.9 Å². The van der Waals surface area contributed by atoms with Gasteiger partial charge in [0.2, 0.25) is 5.91 Å². The van der Waals surface area contributed by atoms with Crippen molar-refractivity contribution in [2.75, 3.05) is 32.8 Å². The Morgan fingerprint density at radius 3 is 2.73 bits per heavy atom. The number of carbonyl (C=O) groups is 2. The van der Waals surface area contributed by atoms with Gasteiger partial charge in [-0.05, 0) is 37.3 Å². The van der Waals surface area contributed by atoms with E-state index in [1.807, 2.05) is 6.07 Å². The summed E-state index contributed by atoms with van der Waals surface area (Å²) in [6, 6.07) is 3.58. The number of carbonyl (C=O) groups excluding carboxylic acids is 2. The fourth-order valence-corrected chi connectivity index (χ4v) is 2.88. The van der Waals surface area contributed by atoms with Crippen LogP contribution < -0.4 is 10.6 Å². The zero-order valence-corrected chi connectivity index (χ0v) is 15.8. The fourth-order valence-electron chi connectivity index (χ4n) is 2.88. The van der Waals surface area contributed by atoms with Crippen molar-refractivity contribution in [2.45, 2.75) is 39.7 Å². The smallest absolute Gasteiger partial charge is 0.317 e. The first kappa shape index (κ1) is 20.3. The summed E-state index contributed by atoms with van der Waals surface area (Å²) in [4.78, 5) is 26.1. The second-order valence-electron chi connectivity index (χ2n) is 7.11. The van der Waals surface area contributed by atoms with Crippen LogP contribution in [0.1, 0.15) is 38.9 Å². The summed E-state index contributed by atoms with van der Waals surface area (Å²) in [6.45, 7) is 7.88. The number of hydrogen-bond donors (Lipinski definition) is 2. The molecule has 0 atom stereocenters. The van der Waals surface area contributed by atoms with Gasteiger partial charge in [-0.15, -0.1) is 0 Å². The normalized spacial score (nSPS) is 15.3. The van der Waals surface area contributed by atoms with Crippen LogP contribution in [-0.2, 0) is 16.1 Å². The summed E-state index contributed by atoms with van der Waals surface area (Å²) < 4.78 is 10.7. The number of amides is 3. The quantitative estimate of drug-likeness (QED) is 0.658. The first-order chi connectivity index (χ1) is 12.6. The highest BCUT2D eigenvalue weighted by atomic mass is 16.5. The number of furan rings is 1. The van der Waals surface area contributed by atoms with E-state index >= 15 is 0 Å². The molecule has 0 unspecified atom stereocenters. The Balaban J connectivity index is 1.56. The summed E-state index contributed by atoms with van der Waals surface area (Å²) in [6.07, 6.45) is 3.78. The molecule has 0 bridgehead atoms. The standard InChI is InChI=1S/C19H31N3O4/c1-15(2)14-25-11-4-8-20-19(24)22-9-6-16(7-10-22)18(23)21-13-17-5-3-12-26-17/h3,5,12,15-16H,4,6-11,13-14H2,1-2H3,(H,20,24)(H,21,23). The highest BCUT2D eigenvalue weighted by Crippen LogP contribution is 2.17. The average molecular weight is 365 g/mol. The largest absolute Gasteiger partial charge is 0.467 e. The molecular weight excluding hydrogens is 334 g/mol. The minimum atomic E-state index is -0.0525. The Bertz CT molecular complexity index is 537. The van der Waals surface area contributed by atoms with Crippen LogP contribution in [-0.4, -0.2) is 49.7 Å². The van der Waals surface area contributed by atoms with E-state index in [2.05, 4.69) is 24.5 Å². The fraction of sp³-hybridized carbons (Fsp3) is 0.684. The molecule has 0 aromatic carbocycles. The van der Waals surface area contributed by atoms with Crippen molar-refractivity contribution in [1.82, 2.24) is 15.5 Å². The molecule has 26 heavy (non-hydrogen) atoms. The van der Waals surface area contributed by atoms with Crippen molar-refractivity contribution in [2.24, 2.45) is 11.8 Å². The zero-order chi connectivity index (χ0) is 18.8. The molecule has 0 saturated carbocycles. The van der Waals surface area contributed by atoms with Gasteiger partial charge in [-0.2, -0.15) is 0 Å². The second kappa shape index (κ2) is 10.9. The third kappa shape index (κ3) is 7.07. The zero-order valence-electron chi connectivity index (χ0n) is 15.8. The molecule has 0 radical (unpaired) electrons. The van der Waals surface area contributed by atoms with Gasteiger partial charge in [0.1, 0.15) is 5.76 Å². The molecule has 3 amide bonds. The molecular formula is C19H31N3O4. The van der Waals surface area contributed by atoms with Crippen molar-refractivity contribution in [3.05, 3.63) is 24.2 Å². The Morgan fingerprint density at radius 1 is 1.31 bits per heavy atom. The molecule has 1 aromatic heterocycles. The number of piperidine rings is 1. The van der Waals surface area contributed by atoms with Crippen molar-refractivity contribution < 1.29 is 18.7 Å². The first-order valence-electron chi connectivity index (χ1n) is 9.47. The molecule has 1 fully saturated rings. The Labute approximate surface area is 155 Å². The maximum atomic E-state index is 12.2. The van der Waals surface area contributed by atoms with E-state index in [1.54, 1.807) is 17.2 Å². The molecule has 1 aromatic rings. The number of nitrogens with zero attached hydrogens (tertiary/aromatic N) is 1. The molecule has 0 spiro atoms. The molecule has 2 N–H and O–H groups in total. The number of urea groups is 1. The summed E-state index contributed by atoms with van der Waals surface area (Å²) >= 11 is 0. The van der Waals surface area contributed by atoms with Gasteiger partial charge in [0, 0.05) is 38.8 Å². The summed E-state index contributed by atoms with van der Waals surface area (Å²) in [5.74, 6) is 1.26. The van der Waals surface area contributed by atoms with E-state index in [0.717, 1.165) is 18.8 Å². The molecule has 7 nitrogen and oxygen atoms in total. The lowest BCUT2D eigenvalue weighted by Gasteiger charge is -2.31. The number of nitrogens with one attached hydrogen (secondary N) is 2. The minimum Gasteiger partial charge on any atom is -0.467 e. The van der Waals surface area contributed by atoms with Crippen LogP contribution in [0.2, 0.25) is 0 Å². The Hall–Kier alpha value is -2.02. The van der Waals surface area contributed by atoms with Gasteiger partial charge in [-0.3, -0.25) is 4.79 Å². The van der Waals surface area contributed by atoms with Gasteiger partial charge >= 0.3 is 6.03 Å². The second-order valence-corrected chi connectivity index (χ2v) is 7.11. The van der Waals surface area contributed by atoms with E-state index in [9.17, 15) is 9.59 Å². The van der Waals surface area contributed by atoms with Crippen LogP contribution in [0.3, 0.4) is 0 Å². The SMILES string of the molecule is CC(C)COCCCNC(=O)N1CCC(C(=O)NCc2ccco2)CC1. The van der Waals surface area contributed by atoms with Crippen molar-refractivity contribution in [3.63, 3.8) is 0 Å². The van der Waals surface area contributed by atoms with Gasteiger partial charge in [0.25, 0.3) is 0 Å². The van der Waals surface area contributed by atoms with E-state index in [0.29, 0.717) is 51.5 Å². The summed E-state index contributed by atoms with van der Waals surface area (Å²) in [7, 11) is 0. The van der Waals surface area contributed by atoms with Crippen LogP contribution in [0.4, 0.5) is 4.79 Å². The van der Waals surface area contributed by atoms with Gasteiger partial charge in [0.05, 0.1) is 12.8 Å². The van der Waals surface area contributed by atoms with Crippen molar-refractivity contribution in [3.8, 4) is 0 Å². The van der Waals surface area contributed by atoms with E-state index < -0.39 is 0 Å². The molecule has 7 heteroatoms. The molecule has 146 valence electrons. The highest BCUT2D eigenvalue weighted by molar-refractivity contribution is 5.79. The van der Waals surface area contributed by atoms with E-state index in [4.69, 9.17) is 9.15 Å². The number of hydrogen-bond acceptors (Lipinski definition) is 4. The summed E-state index contributed by atoms with van der Waals surface area (Å²) in [5.41, 5.74) is 0. The molecule has 1 saturated heterocycles. The maximum Gasteiger partial charge on any atom is 0.317 e. The first-order valence-corrected chi connectivity index (χ1v) is 9.47. The molecule has 2 heterocycles. The average Bonchev–Trinajstić information content (AvgIpc) is 3.16. The maximum absolute atomic E-state index is 12.2. The van der Waals surface area contributed by atoms with Gasteiger partial charge in [-0.1, -0.05) is 13.8 Å². The summed E-state index contributed by atoms with van der Waals surface area (Å²) in [5, 5.41) is 5.82. The lowest BCUT2D eigenvalue weighted by molar-refractivity contribution is -0.126. The predicted molar refractivity (Wildman–Crippen MR) is 98.5 cm³/mol. The lowest BCUT2D eigenvalue weighted by atomic mass is 9.96. The molecule has 1 aliphatic heterocycles.